The summed E-state index contributed by atoms with van der Waals surface area (Å²) in [6, 6.07) is -0.997. The molecule has 0 aliphatic carbocycles. The Bertz CT molecular complexity index is 460. The van der Waals surface area contributed by atoms with Crippen LogP contribution in [0.5, 0.6) is 0 Å². The van der Waals surface area contributed by atoms with E-state index < -0.39 is 28.3 Å². The average Bonchev–Trinajstić information content (AvgIpc) is 2.47. The number of carbonyl (C=O) groups is 3. The fourth-order valence-corrected chi connectivity index (χ4v) is 1.64. The zero-order valence-electron chi connectivity index (χ0n) is 13.6. The van der Waals surface area contributed by atoms with Crippen LogP contribution in [-0.2, 0) is 14.4 Å². The van der Waals surface area contributed by atoms with Gasteiger partial charge in [-0.05, 0) is 12.8 Å². The largest absolute Gasteiger partial charge is 0.368 e. The molecule has 12 heteroatoms. The van der Waals surface area contributed by atoms with Crippen molar-refractivity contribution in [2.75, 3.05) is 12.4 Å². The Morgan fingerprint density at radius 1 is 1.08 bits per heavy atom. The highest BCUT2D eigenvalue weighted by atomic mass is 35.5. The third-order valence-electron chi connectivity index (χ3n) is 3.13. The zero-order chi connectivity index (χ0) is 19.0. The maximum absolute atomic E-state index is 12.3. The van der Waals surface area contributed by atoms with E-state index in [9.17, 15) is 14.4 Å². The molecule has 0 aliphatic rings. The minimum absolute atomic E-state index is 0.122. The number of rotatable bonds is 10. The molecule has 0 aromatic carbocycles. The van der Waals surface area contributed by atoms with Crippen LogP contribution in [0.3, 0.4) is 0 Å². The van der Waals surface area contributed by atoms with Crippen molar-refractivity contribution >= 4 is 68.6 Å². The van der Waals surface area contributed by atoms with Gasteiger partial charge in [-0.25, -0.2) is 0 Å². The fraction of sp³-hybridized carbons (Fsp3) is 0.750. The minimum Gasteiger partial charge on any atom is -0.368 e. The molecule has 0 bridgehead atoms. The maximum Gasteiger partial charge on any atom is 0.241 e. The molecule has 0 heterocycles. The Labute approximate surface area is 154 Å². The van der Waals surface area contributed by atoms with Crippen molar-refractivity contribution in [1.82, 2.24) is 16.0 Å². The van der Waals surface area contributed by atoms with Gasteiger partial charge in [-0.3, -0.25) is 14.4 Å². The summed E-state index contributed by atoms with van der Waals surface area (Å²) >= 11 is 5.42. The molecular formula is C12H17B5ClN3O3. The number of hydrogen-bond acceptors (Lipinski definition) is 3. The highest BCUT2D eigenvalue weighted by Gasteiger charge is 2.33. The predicted molar refractivity (Wildman–Crippen MR) is 97.5 cm³/mol. The van der Waals surface area contributed by atoms with Crippen molar-refractivity contribution < 1.29 is 14.4 Å². The van der Waals surface area contributed by atoms with E-state index in [0.29, 0.717) is 19.4 Å². The molecule has 24 heavy (non-hydrogen) atoms. The molecule has 0 aromatic heterocycles. The maximum atomic E-state index is 12.3. The van der Waals surface area contributed by atoms with Crippen molar-refractivity contribution in [1.29, 1.82) is 0 Å². The molecule has 3 amide bonds. The second kappa shape index (κ2) is 10.1. The second-order valence-corrected chi connectivity index (χ2v) is 5.66. The van der Waals surface area contributed by atoms with Crippen LogP contribution < -0.4 is 16.0 Å². The normalized spacial score (nSPS) is 12.9. The average molecular weight is 341 g/mol. The first-order valence-corrected chi connectivity index (χ1v) is 7.86. The van der Waals surface area contributed by atoms with Gasteiger partial charge in [-0.2, -0.15) is 0 Å². The van der Waals surface area contributed by atoms with Crippen LogP contribution in [0.1, 0.15) is 26.2 Å². The van der Waals surface area contributed by atoms with Gasteiger partial charge in [0.1, 0.15) is 11.9 Å². The van der Waals surface area contributed by atoms with Crippen LogP contribution in [0.4, 0.5) is 0 Å². The van der Waals surface area contributed by atoms with Gasteiger partial charge in [-0.1, -0.05) is 12.3 Å². The van der Waals surface area contributed by atoms with Gasteiger partial charge in [0.15, 0.2) is 0 Å². The molecule has 0 fully saturated rings. The molecule has 1 atom stereocenters. The van der Waals surface area contributed by atoms with Gasteiger partial charge >= 0.3 is 0 Å². The first-order chi connectivity index (χ1) is 10.9. The lowest BCUT2D eigenvalue weighted by Gasteiger charge is -2.43. The van der Waals surface area contributed by atoms with E-state index in [0.717, 1.165) is 0 Å². The zero-order valence-corrected chi connectivity index (χ0v) is 14.4. The molecule has 0 aromatic rings. The number of alkyl halides is 1. The molecule has 0 rings (SSSR count). The molecule has 0 aliphatic heterocycles. The van der Waals surface area contributed by atoms with Gasteiger partial charge in [0.25, 0.3) is 0 Å². The SMILES string of the molecule is [B]C([B])([B])C([B])([B])NC(=O)C(CCCNC(=O)CC)NC(=O)CCl. The van der Waals surface area contributed by atoms with E-state index in [2.05, 4.69) is 16.0 Å². The second-order valence-electron chi connectivity index (χ2n) is 5.39. The van der Waals surface area contributed by atoms with E-state index in [1.54, 1.807) is 6.92 Å². The van der Waals surface area contributed by atoms with Crippen LogP contribution in [0.25, 0.3) is 0 Å². The number of halogens is 1. The topological polar surface area (TPSA) is 87.3 Å². The molecular weight excluding hydrogens is 324 g/mol. The van der Waals surface area contributed by atoms with Crippen molar-refractivity contribution in [3.63, 3.8) is 0 Å². The lowest BCUT2D eigenvalue weighted by Crippen LogP contribution is -2.62. The monoisotopic (exact) mass is 341 g/mol. The van der Waals surface area contributed by atoms with Crippen LogP contribution in [0.15, 0.2) is 0 Å². The van der Waals surface area contributed by atoms with Crippen molar-refractivity contribution in [2.45, 2.75) is 42.7 Å². The van der Waals surface area contributed by atoms with E-state index in [1.165, 1.54) is 0 Å². The van der Waals surface area contributed by atoms with Crippen LogP contribution in [-0.4, -0.2) is 80.8 Å². The molecule has 6 nitrogen and oxygen atoms in total. The van der Waals surface area contributed by atoms with Gasteiger partial charge < -0.3 is 16.0 Å². The molecule has 10 radical (unpaired) electrons. The number of nitrogens with one attached hydrogen (secondary N) is 3. The standard InChI is InChI=1S/C12H17B5ClN3O3/c1-2-8(22)19-5-3-4-7(20-9(23)6-18)10(24)21-12(16,17)11(13,14)15/h7H,2-6H2,1H3,(H,19,22)(H,20,23)(H,21,24). The van der Waals surface area contributed by atoms with E-state index in [4.69, 9.17) is 50.8 Å². The van der Waals surface area contributed by atoms with Gasteiger partial charge in [0, 0.05) is 13.0 Å². The summed E-state index contributed by atoms with van der Waals surface area (Å²) in [5, 5.41) is 3.05. The molecule has 1 unspecified atom stereocenters. The summed E-state index contributed by atoms with van der Waals surface area (Å²) in [5.74, 6) is -1.75. The smallest absolute Gasteiger partial charge is 0.241 e. The van der Waals surface area contributed by atoms with Gasteiger partial charge in [-0.15, -0.1) is 16.7 Å². The Morgan fingerprint density at radius 2 is 1.67 bits per heavy atom. The lowest BCUT2D eigenvalue weighted by atomic mass is 9.26. The highest BCUT2D eigenvalue weighted by molar-refractivity contribution is 6.67. The third kappa shape index (κ3) is 8.22. The molecule has 0 spiro atoms. The molecule has 3 N–H and O–H groups in total. The van der Waals surface area contributed by atoms with Crippen molar-refractivity contribution in [3.8, 4) is 0 Å². The molecule has 0 saturated heterocycles. The summed E-state index contributed by atoms with van der Waals surface area (Å²) in [5.41, 5.74) is 0. The van der Waals surface area contributed by atoms with Crippen LogP contribution in [0.2, 0.25) is 5.11 Å². The Hall–Kier alpha value is -0.975. The first-order valence-electron chi connectivity index (χ1n) is 7.33. The highest BCUT2D eigenvalue weighted by Crippen LogP contribution is 2.22. The third-order valence-corrected chi connectivity index (χ3v) is 3.38. The van der Waals surface area contributed by atoms with E-state index in [1.807, 2.05) is 0 Å². The number of carbonyl (C=O) groups excluding carboxylic acids is 3. The first kappa shape index (κ1) is 23.0. The van der Waals surface area contributed by atoms with Gasteiger partial charge in [0.2, 0.25) is 17.7 Å². The predicted octanol–water partition coefficient (Wildman–Crippen LogP) is -2.30. The summed E-state index contributed by atoms with van der Waals surface area (Å²) in [6.07, 6.45) is 0.955. The van der Waals surface area contributed by atoms with E-state index in [-0.39, 0.29) is 18.2 Å². The Morgan fingerprint density at radius 3 is 2.12 bits per heavy atom. The van der Waals surface area contributed by atoms with E-state index >= 15 is 0 Å². The molecule has 120 valence electrons. The number of hydrogen-bond donors (Lipinski definition) is 3. The Balaban J connectivity index is 4.78. The lowest BCUT2D eigenvalue weighted by molar-refractivity contribution is -0.128. The fourth-order valence-electron chi connectivity index (χ4n) is 1.56. The summed E-state index contributed by atoms with van der Waals surface area (Å²) in [4.78, 5) is 34.9. The van der Waals surface area contributed by atoms with Crippen molar-refractivity contribution in [3.05, 3.63) is 0 Å². The summed E-state index contributed by atoms with van der Waals surface area (Å²) < 4.78 is 0. The minimum atomic E-state index is -2.11. The summed E-state index contributed by atoms with van der Waals surface area (Å²) in [7, 11) is 27.3. The number of amides is 3. The van der Waals surface area contributed by atoms with Gasteiger partial charge in [0.05, 0.1) is 39.2 Å². The van der Waals surface area contributed by atoms with Crippen molar-refractivity contribution in [2.24, 2.45) is 0 Å². The van der Waals surface area contributed by atoms with Crippen LogP contribution >= 0.6 is 11.6 Å². The molecule has 0 saturated carbocycles. The van der Waals surface area contributed by atoms with Crippen LogP contribution in [0, 0.1) is 0 Å². The summed E-state index contributed by atoms with van der Waals surface area (Å²) in [6.45, 7) is 2.05. The quantitative estimate of drug-likeness (QED) is 0.237. The Kier molecular flexibility index (Phi) is 9.70.